The smallest absolute Gasteiger partial charge is 0.384 e. The van der Waals surface area contributed by atoms with Gasteiger partial charge in [0.1, 0.15) is 0 Å². The van der Waals surface area contributed by atoms with Gasteiger partial charge in [0, 0.05) is 13.0 Å². The first-order chi connectivity index (χ1) is 6.15. The van der Waals surface area contributed by atoms with E-state index in [2.05, 4.69) is 21.7 Å². The molecule has 0 aromatic carbocycles. The fourth-order valence-electron chi connectivity index (χ4n) is 0.791. The summed E-state index contributed by atoms with van der Waals surface area (Å²) in [6, 6.07) is 0. The Morgan fingerprint density at radius 2 is 2.38 bits per heavy atom. The fourth-order valence-corrected chi connectivity index (χ4v) is 0.791. The van der Waals surface area contributed by atoms with E-state index in [0.29, 0.717) is 0 Å². The molecule has 0 aliphatic carbocycles. The molecule has 13 heavy (non-hydrogen) atoms. The van der Waals surface area contributed by atoms with Crippen LogP contribution < -0.4 is 0 Å². The molecular weight excluding hydrogens is 168 g/mol. The molecule has 0 saturated carbocycles. The van der Waals surface area contributed by atoms with Gasteiger partial charge in [0.15, 0.2) is 0 Å². The first kappa shape index (κ1) is 9.33. The molecule has 0 aliphatic heterocycles. The summed E-state index contributed by atoms with van der Waals surface area (Å²) >= 11 is 0. The van der Waals surface area contributed by atoms with Crippen LogP contribution in [-0.2, 0) is 16.6 Å². The number of aryl methyl sites for hydroxylation is 1. The van der Waals surface area contributed by atoms with E-state index in [4.69, 9.17) is 0 Å². The highest BCUT2D eigenvalue weighted by Crippen LogP contribution is 2.02. The largest absolute Gasteiger partial charge is 0.459 e. The number of carbonyl (C=O) groups is 1. The number of aromatic nitrogens is 2. The molecule has 4 heteroatoms. The third kappa shape index (κ3) is 2.09. The quantitative estimate of drug-likeness (QED) is 0.422. The molecule has 68 valence electrons. The average molecular weight is 178 g/mol. The zero-order valence-corrected chi connectivity index (χ0v) is 7.79. The van der Waals surface area contributed by atoms with Crippen molar-refractivity contribution in [3.8, 4) is 11.8 Å². The Morgan fingerprint density at radius 1 is 1.69 bits per heavy atom. The van der Waals surface area contributed by atoms with Crippen molar-refractivity contribution in [3.05, 3.63) is 17.5 Å². The Labute approximate surface area is 76.5 Å². The van der Waals surface area contributed by atoms with Crippen LogP contribution in [0.4, 0.5) is 0 Å². The zero-order valence-electron chi connectivity index (χ0n) is 7.79. The third-order valence-corrected chi connectivity index (χ3v) is 1.72. The lowest BCUT2D eigenvalue weighted by atomic mass is 10.3. The van der Waals surface area contributed by atoms with Crippen LogP contribution in [0.2, 0.25) is 0 Å². The van der Waals surface area contributed by atoms with E-state index in [1.54, 1.807) is 10.9 Å². The maximum atomic E-state index is 10.7. The number of rotatable bonds is 0. The van der Waals surface area contributed by atoms with Gasteiger partial charge in [-0.15, -0.1) is 0 Å². The van der Waals surface area contributed by atoms with E-state index in [-0.39, 0.29) is 0 Å². The molecule has 4 nitrogen and oxygen atoms in total. The van der Waals surface area contributed by atoms with Crippen molar-refractivity contribution in [3.63, 3.8) is 0 Å². The lowest BCUT2D eigenvalue weighted by molar-refractivity contribution is -0.133. The molecule has 0 saturated heterocycles. The number of methoxy groups -OCH3 is 1. The van der Waals surface area contributed by atoms with Crippen LogP contribution in [0.1, 0.15) is 11.3 Å². The molecule has 0 amide bonds. The Hall–Kier alpha value is -1.76. The second kappa shape index (κ2) is 3.76. The molecule has 1 rings (SSSR count). The van der Waals surface area contributed by atoms with Crippen molar-refractivity contribution in [1.82, 2.24) is 9.78 Å². The first-order valence-electron chi connectivity index (χ1n) is 3.73. The minimum absolute atomic E-state index is 0.539. The summed E-state index contributed by atoms with van der Waals surface area (Å²) < 4.78 is 6.07. The molecule has 1 aromatic rings. The summed E-state index contributed by atoms with van der Waals surface area (Å²) in [5, 5.41) is 3.98. The number of carbonyl (C=O) groups excluding carboxylic acids is 1. The molecule has 0 atom stereocenters. The second-order valence-electron chi connectivity index (χ2n) is 2.51. The molecule has 1 aromatic heterocycles. The number of hydrogen-bond acceptors (Lipinski definition) is 3. The Kier molecular flexibility index (Phi) is 2.70. The number of esters is 1. The van der Waals surface area contributed by atoms with Crippen molar-refractivity contribution in [2.24, 2.45) is 7.05 Å². The van der Waals surface area contributed by atoms with Crippen LogP contribution in [-0.4, -0.2) is 22.9 Å². The number of ether oxygens (including phenoxy) is 1. The highest BCUT2D eigenvalue weighted by molar-refractivity contribution is 5.89. The van der Waals surface area contributed by atoms with Crippen LogP contribution in [0.3, 0.4) is 0 Å². The summed E-state index contributed by atoms with van der Waals surface area (Å²) in [7, 11) is 3.12. The average Bonchev–Trinajstić information content (AvgIpc) is 2.44. The number of hydrogen-bond donors (Lipinski definition) is 0. The Morgan fingerprint density at radius 3 is 2.85 bits per heavy atom. The van der Waals surface area contributed by atoms with E-state index >= 15 is 0 Å². The highest BCUT2D eigenvalue weighted by atomic mass is 16.5. The van der Waals surface area contributed by atoms with Gasteiger partial charge in [-0.05, 0) is 6.92 Å². The minimum Gasteiger partial charge on any atom is -0.459 e. The molecule has 0 spiro atoms. The van der Waals surface area contributed by atoms with Crippen LogP contribution >= 0.6 is 0 Å². The summed E-state index contributed by atoms with van der Waals surface area (Å²) in [6.45, 7) is 1.88. The topological polar surface area (TPSA) is 44.1 Å². The summed E-state index contributed by atoms with van der Waals surface area (Å²) in [4.78, 5) is 10.7. The van der Waals surface area contributed by atoms with Crippen molar-refractivity contribution in [2.75, 3.05) is 7.11 Å². The van der Waals surface area contributed by atoms with Crippen LogP contribution in [0.15, 0.2) is 6.20 Å². The molecule has 0 N–H and O–H groups in total. The summed E-state index contributed by atoms with van der Waals surface area (Å²) in [6.07, 6.45) is 1.62. The monoisotopic (exact) mass is 178 g/mol. The maximum absolute atomic E-state index is 10.7. The van der Waals surface area contributed by atoms with Gasteiger partial charge in [0.05, 0.1) is 24.6 Å². The van der Waals surface area contributed by atoms with Crippen LogP contribution in [0, 0.1) is 18.8 Å². The molecule has 0 aliphatic rings. The molecule has 1 heterocycles. The van der Waals surface area contributed by atoms with Gasteiger partial charge in [0.25, 0.3) is 0 Å². The van der Waals surface area contributed by atoms with Gasteiger partial charge < -0.3 is 4.74 Å². The van der Waals surface area contributed by atoms with Crippen molar-refractivity contribution < 1.29 is 9.53 Å². The predicted molar refractivity (Wildman–Crippen MR) is 46.8 cm³/mol. The molecular formula is C9H10N2O2. The van der Waals surface area contributed by atoms with E-state index < -0.39 is 5.97 Å². The number of nitrogens with zero attached hydrogens (tertiary/aromatic N) is 2. The SMILES string of the molecule is COC(=O)C#Cc1cnn(C)c1C. The normalized spacial score (nSPS) is 8.85. The maximum Gasteiger partial charge on any atom is 0.384 e. The van der Waals surface area contributed by atoms with E-state index in [9.17, 15) is 4.79 Å². The predicted octanol–water partition coefficient (Wildman–Crippen LogP) is 0.253. The molecule has 0 radical (unpaired) electrons. The zero-order chi connectivity index (χ0) is 9.84. The van der Waals surface area contributed by atoms with Crippen LogP contribution in [0.25, 0.3) is 0 Å². The lowest BCUT2D eigenvalue weighted by Gasteiger charge is -1.91. The summed E-state index contributed by atoms with van der Waals surface area (Å²) in [5.74, 6) is 4.48. The van der Waals surface area contributed by atoms with Crippen molar-refractivity contribution >= 4 is 5.97 Å². The molecule has 0 fully saturated rings. The molecule has 0 bridgehead atoms. The first-order valence-corrected chi connectivity index (χ1v) is 3.73. The van der Waals surface area contributed by atoms with Gasteiger partial charge in [0.2, 0.25) is 0 Å². The van der Waals surface area contributed by atoms with Crippen molar-refractivity contribution in [2.45, 2.75) is 6.92 Å². The lowest BCUT2D eigenvalue weighted by Crippen LogP contribution is -1.95. The third-order valence-electron chi connectivity index (χ3n) is 1.72. The Balaban J connectivity index is 2.89. The van der Waals surface area contributed by atoms with Gasteiger partial charge in [-0.2, -0.15) is 5.10 Å². The van der Waals surface area contributed by atoms with E-state index in [1.165, 1.54) is 7.11 Å². The van der Waals surface area contributed by atoms with E-state index in [0.717, 1.165) is 11.3 Å². The van der Waals surface area contributed by atoms with Crippen LogP contribution in [0.5, 0.6) is 0 Å². The van der Waals surface area contributed by atoms with Gasteiger partial charge in [-0.3, -0.25) is 4.68 Å². The van der Waals surface area contributed by atoms with Gasteiger partial charge >= 0.3 is 5.97 Å². The Bertz CT molecular complexity index is 382. The standard InChI is InChI=1S/C9H10N2O2/c1-7-8(6-10-11(7)2)4-5-9(12)13-3/h6H,1-3H3. The van der Waals surface area contributed by atoms with E-state index in [1.807, 2.05) is 14.0 Å². The highest BCUT2D eigenvalue weighted by Gasteiger charge is 1.99. The summed E-state index contributed by atoms with van der Waals surface area (Å²) in [5.41, 5.74) is 1.67. The van der Waals surface area contributed by atoms with Gasteiger partial charge in [-0.25, -0.2) is 4.79 Å². The minimum atomic E-state index is -0.539. The second-order valence-corrected chi connectivity index (χ2v) is 2.51. The fraction of sp³-hybridized carbons (Fsp3) is 0.333. The van der Waals surface area contributed by atoms with Crippen molar-refractivity contribution in [1.29, 1.82) is 0 Å². The van der Waals surface area contributed by atoms with Gasteiger partial charge in [-0.1, -0.05) is 5.92 Å². The molecule has 0 unspecified atom stereocenters.